The topological polar surface area (TPSA) is 55.2 Å². The minimum atomic E-state index is -0.276. The van der Waals surface area contributed by atoms with Crippen LogP contribution in [0.3, 0.4) is 0 Å². The fraction of sp³-hybridized carbons (Fsp3) is 0.647. The van der Waals surface area contributed by atoms with E-state index in [1.807, 2.05) is 19.1 Å². The molecule has 0 aromatic heterocycles. The Bertz CT molecular complexity index is 500. The SMILES string of the molecule is CCc1ccc(NC2CCCC(C(C)C)C2)cc1[N+](=O)[O-]. The molecule has 0 saturated heterocycles. The Labute approximate surface area is 127 Å². The fourth-order valence-corrected chi connectivity index (χ4v) is 3.32. The first-order valence-corrected chi connectivity index (χ1v) is 8.05. The Morgan fingerprint density at radius 2 is 2.14 bits per heavy atom. The van der Waals surface area contributed by atoms with E-state index in [9.17, 15) is 10.1 Å². The highest BCUT2D eigenvalue weighted by Crippen LogP contribution is 2.32. The molecule has 1 N–H and O–H groups in total. The van der Waals surface area contributed by atoms with Gasteiger partial charge in [-0.3, -0.25) is 10.1 Å². The van der Waals surface area contributed by atoms with Crippen molar-refractivity contribution in [3.63, 3.8) is 0 Å². The Hall–Kier alpha value is -1.58. The van der Waals surface area contributed by atoms with Crippen molar-refractivity contribution >= 4 is 11.4 Å². The van der Waals surface area contributed by atoms with Gasteiger partial charge in [-0.05, 0) is 37.2 Å². The lowest BCUT2D eigenvalue weighted by molar-refractivity contribution is -0.385. The maximum atomic E-state index is 11.1. The molecule has 0 aliphatic heterocycles. The first kappa shape index (κ1) is 15.8. The van der Waals surface area contributed by atoms with Crippen molar-refractivity contribution in [2.24, 2.45) is 11.8 Å². The zero-order valence-electron chi connectivity index (χ0n) is 13.3. The first-order valence-electron chi connectivity index (χ1n) is 8.05. The number of aryl methyl sites for hydroxylation is 1. The van der Waals surface area contributed by atoms with Gasteiger partial charge in [0.2, 0.25) is 0 Å². The van der Waals surface area contributed by atoms with E-state index in [4.69, 9.17) is 0 Å². The van der Waals surface area contributed by atoms with Gasteiger partial charge in [-0.1, -0.05) is 39.7 Å². The molecular weight excluding hydrogens is 264 g/mol. The number of nitro groups is 1. The maximum absolute atomic E-state index is 11.1. The predicted molar refractivity (Wildman–Crippen MR) is 86.7 cm³/mol. The molecule has 4 nitrogen and oxygen atoms in total. The van der Waals surface area contributed by atoms with E-state index in [2.05, 4.69) is 19.2 Å². The van der Waals surface area contributed by atoms with Gasteiger partial charge in [-0.2, -0.15) is 0 Å². The maximum Gasteiger partial charge on any atom is 0.274 e. The second-order valence-corrected chi connectivity index (χ2v) is 6.47. The van der Waals surface area contributed by atoms with E-state index in [0.717, 1.165) is 23.6 Å². The average Bonchev–Trinajstić information content (AvgIpc) is 2.47. The lowest BCUT2D eigenvalue weighted by atomic mass is 9.79. The van der Waals surface area contributed by atoms with E-state index in [1.165, 1.54) is 19.3 Å². The van der Waals surface area contributed by atoms with Crippen LogP contribution in [-0.4, -0.2) is 11.0 Å². The minimum absolute atomic E-state index is 0.235. The van der Waals surface area contributed by atoms with Crippen LogP contribution in [0.1, 0.15) is 52.0 Å². The van der Waals surface area contributed by atoms with E-state index in [0.29, 0.717) is 18.4 Å². The Balaban J connectivity index is 2.09. The summed E-state index contributed by atoms with van der Waals surface area (Å²) >= 11 is 0. The first-order chi connectivity index (χ1) is 10.0. The lowest BCUT2D eigenvalue weighted by Gasteiger charge is -2.32. The van der Waals surface area contributed by atoms with E-state index in [1.54, 1.807) is 6.07 Å². The molecule has 116 valence electrons. The van der Waals surface area contributed by atoms with Crippen LogP contribution in [0.15, 0.2) is 18.2 Å². The fourth-order valence-electron chi connectivity index (χ4n) is 3.32. The predicted octanol–water partition coefficient (Wildman–Crippen LogP) is 4.78. The average molecular weight is 290 g/mol. The largest absolute Gasteiger partial charge is 0.382 e. The van der Waals surface area contributed by atoms with Gasteiger partial charge in [0.1, 0.15) is 0 Å². The molecule has 1 aliphatic rings. The molecule has 2 unspecified atom stereocenters. The molecule has 2 atom stereocenters. The van der Waals surface area contributed by atoms with Crippen LogP contribution in [0.5, 0.6) is 0 Å². The van der Waals surface area contributed by atoms with Gasteiger partial charge in [-0.15, -0.1) is 0 Å². The molecule has 0 heterocycles. The number of nitro benzene ring substituents is 1. The molecule has 0 amide bonds. The summed E-state index contributed by atoms with van der Waals surface area (Å²) in [5.74, 6) is 1.48. The molecule has 1 saturated carbocycles. The molecule has 4 heteroatoms. The summed E-state index contributed by atoms with van der Waals surface area (Å²) in [7, 11) is 0. The van der Waals surface area contributed by atoms with E-state index in [-0.39, 0.29) is 10.6 Å². The summed E-state index contributed by atoms with van der Waals surface area (Å²) in [6.45, 7) is 6.52. The monoisotopic (exact) mass is 290 g/mol. The summed E-state index contributed by atoms with van der Waals surface area (Å²) in [5, 5.41) is 14.7. The molecule has 1 fully saturated rings. The number of hydrogen-bond donors (Lipinski definition) is 1. The number of nitrogens with zero attached hydrogens (tertiary/aromatic N) is 1. The van der Waals surface area contributed by atoms with Gasteiger partial charge in [0.25, 0.3) is 5.69 Å². The van der Waals surface area contributed by atoms with Crippen molar-refractivity contribution in [2.75, 3.05) is 5.32 Å². The number of hydrogen-bond acceptors (Lipinski definition) is 3. The van der Waals surface area contributed by atoms with Crippen LogP contribution in [0.2, 0.25) is 0 Å². The highest BCUT2D eigenvalue weighted by Gasteiger charge is 2.24. The highest BCUT2D eigenvalue weighted by atomic mass is 16.6. The normalized spacial score (nSPS) is 22.3. The van der Waals surface area contributed by atoms with Crippen molar-refractivity contribution < 1.29 is 4.92 Å². The third-order valence-corrected chi connectivity index (χ3v) is 4.69. The molecule has 1 aromatic rings. The van der Waals surface area contributed by atoms with Crippen molar-refractivity contribution in [3.8, 4) is 0 Å². The van der Waals surface area contributed by atoms with Gasteiger partial charge in [0.05, 0.1) is 4.92 Å². The molecule has 0 bridgehead atoms. The Morgan fingerprint density at radius 3 is 2.76 bits per heavy atom. The van der Waals surface area contributed by atoms with Gasteiger partial charge in [0, 0.05) is 23.4 Å². The second kappa shape index (κ2) is 6.92. The third kappa shape index (κ3) is 3.96. The summed E-state index contributed by atoms with van der Waals surface area (Å²) < 4.78 is 0. The van der Waals surface area contributed by atoms with Crippen molar-refractivity contribution in [1.82, 2.24) is 0 Å². The van der Waals surface area contributed by atoms with E-state index < -0.39 is 0 Å². The summed E-state index contributed by atoms with van der Waals surface area (Å²) in [4.78, 5) is 10.9. The summed E-state index contributed by atoms with van der Waals surface area (Å²) in [6.07, 6.45) is 5.57. The van der Waals surface area contributed by atoms with Gasteiger partial charge in [-0.25, -0.2) is 0 Å². The highest BCUT2D eigenvalue weighted by molar-refractivity contribution is 5.55. The number of nitrogens with one attached hydrogen (secondary N) is 1. The second-order valence-electron chi connectivity index (χ2n) is 6.47. The van der Waals surface area contributed by atoms with Gasteiger partial charge < -0.3 is 5.32 Å². The molecular formula is C17H26N2O2. The number of anilines is 1. The number of rotatable bonds is 5. The van der Waals surface area contributed by atoms with Crippen LogP contribution in [-0.2, 0) is 6.42 Å². The quantitative estimate of drug-likeness (QED) is 0.627. The molecule has 0 spiro atoms. The summed E-state index contributed by atoms with van der Waals surface area (Å²) in [5.41, 5.74) is 1.92. The standard InChI is InChI=1S/C17H26N2O2/c1-4-13-8-9-16(11-17(13)19(20)21)18-15-7-5-6-14(10-15)12(2)3/h8-9,11-12,14-15,18H,4-7,10H2,1-3H3. The zero-order valence-corrected chi connectivity index (χ0v) is 13.3. The Morgan fingerprint density at radius 1 is 1.38 bits per heavy atom. The van der Waals surface area contributed by atoms with Crippen LogP contribution in [0.4, 0.5) is 11.4 Å². The Kier molecular flexibility index (Phi) is 5.21. The van der Waals surface area contributed by atoms with Crippen molar-refractivity contribution in [2.45, 2.75) is 58.9 Å². The molecule has 1 aromatic carbocycles. The van der Waals surface area contributed by atoms with E-state index >= 15 is 0 Å². The van der Waals surface area contributed by atoms with Crippen LogP contribution in [0, 0.1) is 22.0 Å². The lowest BCUT2D eigenvalue weighted by Crippen LogP contribution is -2.29. The van der Waals surface area contributed by atoms with Crippen LogP contribution >= 0.6 is 0 Å². The minimum Gasteiger partial charge on any atom is -0.382 e. The third-order valence-electron chi connectivity index (χ3n) is 4.69. The number of benzene rings is 1. The van der Waals surface area contributed by atoms with Crippen LogP contribution < -0.4 is 5.32 Å². The van der Waals surface area contributed by atoms with Crippen LogP contribution in [0.25, 0.3) is 0 Å². The van der Waals surface area contributed by atoms with Gasteiger partial charge in [0.15, 0.2) is 0 Å². The van der Waals surface area contributed by atoms with Crippen molar-refractivity contribution in [3.05, 3.63) is 33.9 Å². The van der Waals surface area contributed by atoms with Crippen molar-refractivity contribution in [1.29, 1.82) is 0 Å². The molecule has 0 radical (unpaired) electrons. The zero-order chi connectivity index (χ0) is 15.4. The summed E-state index contributed by atoms with van der Waals surface area (Å²) in [6, 6.07) is 5.99. The molecule has 21 heavy (non-hydrogen) atoms. The molecule has 1 aliphatic carbocycles. The smallest absolute Gasteiger partial charge is 0.274 e. The molecule has 2 rings (SSSR count). The van der Waals surface area contributed by atoms with Gasteiger partial charge >= 0.3 is 0 Å².